The fourth-order valence-corrected chi connectivity index (χ4v) is 2.16. The third kappa shape index (κ3) is 3.45. The number of anilines is 1. The van der Waals surface area contributed by atoms with Crippen LogP contribution < -0.4 is 10.5 Å². The molecule has 0 bridgehead atoms. The molecule has 0 fully saturated rings. The number of benzene rings is 1. The van der Waals surface area contributed by atoms with E-state index in [0.29, 0.717) is 30.4 Å². The Morgan fingerprint density at radius 2 is 2.19 bits per heavy atom. The molecule has 2 N–H and O–H groups in total. The Kier molecular flexibility index (Phi) is 4.67. The average Bonchev–Trinajstić information content (AvgIpc) is 2.73. The molecule has 0 atom stereocenters. The predicted octanol–water partition coefficient (Wildman–Crippen LogP) is 2.36. The molecule has 6 heteroatoms. The normalized spacial score (nSPS) is 11.0. The zero-order valence-electron chi connectivity index (χ0n) is 12.6. The van der Waals surface area contributed by atoms with E-state index in [9.17, 15) is 4.79 Å². The summed E-state index contributed by atoms with van der Waals surface area (Å²) in [4.78, 5) is 15.8. The number of hydrogen-bond acceptors (Lipinski definition) is 5. The molecule has 0 aliphatic heterocycles. The molecule has 2 aromatic rings. The highest BCUT2D eigenvalue weighted by Gasteiger charge is 2.14. The summed E-state index contributed by atoms with van der Waals surface area (Å²) in [6.45, 7) is 6.52. The van der Waals surface area contributed by atoms with E-state index in [2.05, 4.69) is 4.98 Å². The van der Waals surface area contributed by atoms with Gasteiger partial charge in [0.25, 0.3) is 0 Å². The van der Waals surface area contributed by atoms with Gasteiger partial charge in [-0.15, -0.1) is 0 Å². The Morgan fingerprint density at radius 1 is 1.43 bits per heavy atom. The Hall–Kier alpha value is -2.24. The second-order valence-electron chi connectivity index (χ2n) is 4.97. The fourth-order valence-electron chi connectivity index (χ4n) is 2.16. The molecule has 1 aromatic carbocycles. The van der Waals surface area contributed by atoms with Crippen molar-refractivity contribution in [2.45, 2.75) is 39.8 Å². The Morgan fingerprint density at radius 3 is 2.86 bits per heavy atom. The van der Waals surface area contributed by atoms with Crippen LogP contribution in [0.4, 0.5) is 5.95 Å². The molecule has 21 heavy (non-hydrogen) atoms. The maximum absolute atomic E-state index is 11.5. The second-order valence-corrected chi connectivity index (χ2v) is 4.97. The van der Waals surface area contributed by atoms with Crippen LogP contribution in [0.2, 0.25) is 0 Å². The minimum Gasteiger partial charge on any atom is -0.489 e. The van der Waals surface area contributed by atoms with Crippen LogP contribution in [-0.2, 0) is 16.1 Å². The molecule has 0 saturated heterocycles. The number of carbonyl (C=O) groups excluding carboxylic acids is 1. The molecular weight excluding hydrogens is 270 g/mol. The second kappa shape index (κ2) is 6.47. The first-order chi connectivity index (χ1) is 10.0. The van der Waals surface area contributed by atoms with E-state index in [1.165, 1.54) is 0 Å². The molecule has 1 heterocycles. The highest BCUT2D eigenvalue weighted by Crippen LogP contribution is 2.28. The Labute approximate surface area is 123 Å². The zero-order valence-corrected chi connectivity index (χ0v) is 12.6. The highest BCUT2D eigenvalue weighted by atomic mass is 16.5. The van der Waals surface area contributed by atoms with Crippen LogP contribution in [0.15, 0.2) is 18.2 Å². The van der Waals surface area contributed by atoms with Gasteiger partial charge in [-0.2, -0.15) is 0 Å². The molecule has 0 saturated carbocycles. The number of nitrogen functional groups attached to an aromatic ring is 1. The predicted molar refractivity (Wildman–Crippen MR) is 81.2 cm³/mol. The molecule has 0 unspecified atom stereocenters. The fraction of sp³-hybridized carbons (Fsp3) is 0.467. The summed E-state index contributed by atoms with van der Waals surface area (Å²) in [5.74, 6) is 0.825. The lowest BCUT2D eigenvalue weighted by Gasteiger charge is -2.10. The lowest BCUT2D eigenvalue weighted by Crippen LogP contribution is -2.10. The van der Waals surface area contributed by atoms with Crippen LogP contribution in [0, 0.1) is 0 Å². The summed E-state index contributed by atoms with van der Waals surface area (Å²) >= 11 is 0. The van der Waals surface area contributed by atoms with Crippen LogP contribution >= 0.6 is 0 Å². The molecule has 114 valence electrons. The van der Waals surface area contributed by atoms with E-state index in [0.717, 1.165) is 5.52 Å². The number of para-hydroxylation sites is 1. The van der Waals surface area contributed by atoms with E-state index < -0.39 is 0 Å². The van der Waals surface area contributed by atoms with Crippen LogP contribution in [0.5, 0.6) is 5.75 Å². The Bertz CT molecular complexity index is 634. The van der Waals surface area contributed by atoms with E-state index in [1.54, 1.807) is 11.5 Å². The molecule has 2 rings (SSSR count). The van der Waals surface area contributed by atoms with Gasteiger partial charge in [0.15, 0.2) is 0 Å². The third-order valence-corrected chi connectivity index (χ3v) is 2.98. The quantitative estimate of drug-likeness (QED) is 0.826. The summed E-state index contributed by atoms with van der Waals surface area (Å²) < 4.78 is 12.5. The van der Waals surface area contributed by atoms with Gasteiger partial charge in [0, 0.05) is 6.54 Å². The molecular formula is C15H21N3O3. The molecule has 0 spiro atoms. The Balaban J connectivity index is 2.28. The summed E-state index contributed by atoms with van der Waals surface area (Å²) in [7, 11) is 0. The maximum Gasteiger partial charge on any atom is 0.307 e. The number of rotatable bonds is 6. The monoisotopic (exact) mass is 291 g/mol. The van der Waals surface area contributed by atoms with Crippen LogP contribution in [0.25, 0.3) is 11.0 Å². The van der Waals surface area contributed by atoms with Crippen molar-refractivity contribution >= 4 is 23.0 Å². The van der Waals surface area contributed by atoms with Crippen LogP contribution in [0.1, 0.15) is 27.2 Å². The minimum atomic E-state index is -0.242. The van der Waals surface area contributed by atoms with Gasteiger partial charge in [0.1, 0.15) is 11.3 Å². The smallest absolute Gasteiger partial charge is 0.307 e. The summed E-state index contributed by atoms with van der Waals surface area (Å²) in [5.41, 5.74) is 7.53. The first-order valence-corrected chi connectivity index (χ1v) is 7.10. The SMILES string of the molecule is CCOC(=O)CCn1c(N)nc2c(OC(C)C)cccc21. The van der Waals surface area contributed by atoms with Crippen molar-refractivity contribution < 1.29 is 14.3 Å². The van der Waals surface area contributed by atoms with Gasteiger partial charge in [-0.3, -0.25) is 4.79 Å². The first kappa shape index (κ1) is 15.2. The largest absolute Gasteiger partial charge is 0.489 e. The third-order valence-electron chi connectivity index (χ3n) is 2.98. The summed E-state index contributed by atoms with van der Waals surface area (Å²) in [6, 6.07) is 5.67. The van der Waals surface area contributed by atoms with E-state index in [1.807, 2.05) is 32.0 Å². The molecule has 6 nitrogen and oxygen atoms in total. The number of aryl methyl sites for hydroxylation is 1. The molecule has 0 aliphatic rings. The van der Waals surface area contributed by atoms with E-state index in [-0.39, 0.29) is 18.5 Å². The van der Waals surface area contributed by atoms with Crippen molar-refractivity contribution in [2.75, 3.05) is 12.3 Å². The maximum atomic E-state index is 11.5. The van der Waals surface area contributed by atoms with Gasteiger partial charge < -0.3 is 19.8 Å². The number of imidazole rings is 1. The van der Waals surface area contributed by atoms with Crippen molar-refractivity contribution in [3.05, 3.63) is 18.2 Å². The molecule has 0 aliphatic carbocycles. The summed E-state index contributed by atoms with van der Waals surface area (Å²) in [5, 5.41) is 0. The van der Waals surface area contributed by atoms with Crippen molar-refractivity contribution in [1.29, 1.82) is 0 Å². The molecule has 1 aromatic heterocycles. The van der Waals surface area contributed by atoms with Crippen molar-refractivity contribution in [3.8, 4) is 5.75 Å². The number of nitrogens with two attached hydrogens (primary N) is 1. The van der Waals surface area contributed by atoms with Gasteiger partial charge in [0.05, 0.1) is 24.6 Å². The van der Waals surface area contributed by atoms with Gasteiger partial charge in [-0.05, 0) is 32.9 Å². The van der Waals surface area contributed by atoms with E-state index in [4.69, 9.17) is 15.2 Å². The van der Waals surface area contributed by atoms with Crippen LogP contribution in [-0.4, -0.2) is 28.2 Å². The number of esters is 1. The van der Waals surface area contributed by atoms with Gasteiger partial charge in [-0.25, -0.2) is 4.98 Å². The van der Waals surface area contributed by atoms with Gasteiger partial charge in [0.2, 0.25) is 5.95 Å². The van der Waals surface area contributed by atoms with E-state index >= 15 is 0 Å². The number of hydrogen-bond donors (Lipinski definition) is 1. The zero-order chi connectivity index (χ0) is 15.4. The van der Waals surface area contributed by atoms with Crippen molar-refractivity contribution in [2.24, 2.45) is 0 Å². The molecule has 0 radical (unpaired) electrons. The number of fused-ring (bicyclic) bond motifs is 1. The van der Waals surface area contributed by atoms with Crippen LogP contribution in [0.3, 0.4) is 0 Å². The highest BCUT2D eigenvalue weighted by molar-refractivity contribution is 5.84. The minimum absolute atomic E-state index is 0.0570. The van der Waals surface area contributed by atoms with Gasteiger partial charge in [-0.1, -0.05) is 6.07 Å². The first-order valence-electron chi connectivity index (χ1n) is 7.10. The average molecular weight is 291 g/mol. The van der Waals surface area contributed by atoms with Gasteiger partial charge >= 0.3 is 5.97 Å². The lowest BCUT2D eigenvalue weighted by molar-refractivity contribution is -0.143. The number of carbonyl (C=O) groups is 1. The number of aromatic nitrogens is 2. The number of nitrogens with zero attached hydrogens (tertiary/aromatic N) is 2. The van der Waals surface area contributed by atoms with Crippen molar-refractivity contribution in [1.82, 2.24) is 9.55 Å². The summed E-state index contributed by atoms with van der Waals surface area (Å²) in [6.07, 6.45) is 0.320. The number of ether oxygens (including phenoxy) is 2. The topological polar surface area (TPSA) is 79.4 Å². The van der Waals surface area contributed by atoms with Crippen molar-refractivity contribution in [3.63, 3.8) is 0 Å². The molecule has 0 amide bonds. The lowest BCUT2D eigenvalue weighted by atomic mass is 10.3. The standard InChI is InChI=1S/C15H21N3O3/c1-4-20-13(19)8-9-18-11-6-5-7-12(21-10(2)3)14(11)17-15(18)16/h5-7,10H,4,8-9H2,1-3H3,(H2,16,17).